The van der Waals surface area contributed by atoms with Gasteiger partial charge in [0.15, 0.2) is 0 Å². The van der Waals surface area contributed by atoms with E-state index in [1.54, 1.807) is 17.0 Å². The minimum Gasteiger partial charge on any atom is -0.310 e. The molecular weight excluding hydrogens is 885 g/mol. The van der Waals surface area contributed by atoms with E-state index in [2.05, 4.69) is 27.6 Å². The molecule has 10 nitrogen and oxygen atoms in total. The Morgan fingerprint density at radius 3 is 1.76 bits per heavy atom. The fourth-order valence-corrected chi connectivity index (χ4v) is 10.0. The molecule has 2 unspecified atom stereocenters. The van der Waals surface area contributed by atoms with Crippen LogP contribution in [0.4, 0.5) is 11.4 Å². The van der Waals surface area contributed by atoms with E-state index in [1.807, 2.05) is 138 Å². The molecule has 6 aromatic rings. The van der Waals surface area contributed by atoms with Gasteiger partial charge in [0, 0.05) is 33.0 Å². The first-order valence-electron chi connectivity index (χ1n) is 23.0. The summed E-state index contributed by atoms with van der Waals surface area (Å²) in [4.78, 5) is 53.1. The van der Waals surface area contributed by atoms with Crippen molar-refractivity contribution in [2.75, 3.05) is 9.80 Å². The lowest BCUT2D eigenvalue weighted by Crippen LogP contribution is -2.31. The Morgan fingerprint density at radius 1 is 0.662 bits per heavy atom. The monoisotopic (exact) mass is 934 g/mol. The number of carbonyl (C=O) groups is 4. The summed E-state index contributed by atoms with van der Waals surface area (Å²) >= 11 is 3.03. The van der Waals surface area contributed by atoms with Crippen molar-refractivity contribution >= 4 is 59.4 Å². The van der Waals surface area contributed by atoms with Gasteiger partial charge in [0.05, 0.1) is 41.8 Å². The largest absolute Gasteiger partial charge is 0.310 e. The third-order valence-electron chi connectivity index (χ3n) is 12.9. The fraction of sp³-hybridized carbons (Fsp3) is 0.250. The molecule has 1 aliphatic heterocycles. The zero-order chi connectivity index (χ0) is 47.0. The number of hydrogen-bond acceptors (Lipinski definition) is 8. The minimum atomic E-state index is -0.254. The molecule has 11 rings (SSSR count). The number of rotatable bonds is 14. The van der Waals surface area contributed by atoms with Crippen LogP contribution < -0.4 is 19.2 Å². The van der Waals surface area contributed by atoms with Crippen molar-refractivity contribution in [3.05, 3.63) is 202 Å². The Kier molecular flexibility index (Phi) is 14.1. The third-order valence-corrected chi connectivity index (χ3v) is 15.1. The summed E-state index contributed by atoms with van der Waals surface area (Å²) in [5, 5.41) is 18.5. The van der Waals surface area contributed by atoms with Crippen molar-refractivity contribution < 1.29 is 19.2 Å². The molecule has 4 saturated carbocycles. The molecule has 0 radical (unpaired) electrons. The minimum absolute atomic E-state index is 0.0482. The van der Waals surface area contributed by atoms with Gasteiger partial charge in [-0.1, -0.05) is 91.0 Å². The maximum atomic E-state index is 12.9. The Morgan fingerprint density at radius 2 is 1.21 bits per heavy atom. The predicted molar refractivity (Wildman–Crippen MR) is 269 cm³/mol. The predicted octanol–water partition coefficient (Wildman–Crippen LogP) is 10.9. The topological polar surface area (TPSA) is 146 Å². The van der Waals surface area contributed by atoms with Gasteiger partial charge in [-0.3, -0.25) is 28.6 Å². The van der Waals surface area contributed by atoms with Gasteiger partial charge < -0.3 is 9.80 Å². The Bertz CT molecular complexity index is 2870. The summed E-state index contributed by atoms with van der Waals surface area (Å²) in [6, 6.07) is 52.4. The molecule has 1 spiro atoms. The van der Waals surface area contributed by atoms with Crippen LogP contribution >= 0.6 is 23.9 Å². The number of amides is 4. The number of nitrogens with one attached hydrogen (secondary N) is 2. The molecule has 4 amide bonds. The normalized spacial score (nSPS) is 17.7. The van der Waals surface area contributed by atoms with E-state index >= 15 is 0 Å². The first-order chi connectivity index (χ1) is 33.3. The number of nitrogens with zero attached hydrogens (tertiary/aromatic N) is 4. The van der Waals surface area contributed by atoms with Gasteiger partial charge >= 0.3 is 0 Å². The number of hydrogen-bond donors (Lipinski definition) is 2. The highest BCUT2D eigenvalue weighted by Crippen LogP contribution is 2.58. The first kappa shape index (κ1) is 46.0. The van der Waals surface area contributed by atoms with E-state index in [1.165, 1.54) is 60.7 Å². The quantitative estimate of drug-likeness (QED) is 0.0811. The Hall–Kier alpha value is -7.12. The second kappa shape index (κ2) is 20.8. The summed E-state index contributed by atoms with van der Waals surface area (Å²) in [5.41, 5.74) is 9.94. The summed E-state index contributed by atoms with van der Waals surface area (Å²) < 4.78 is 5.81. The summed E-state index contributed by atoms with van der Waals surface area (Å²) in [6.45, 7) is 0.990. The standard InChI is InChI=1S/C28H25N3O2S.C21H20N2O2S.C7H5N/c29-16-19-5-9-21(10-6-19)25-15-26(25)24-3-1-2-4-27(24)31(18-32)17-20-7-11-22(12-8-20)28(33)30-34-23-13-14-23;24-19(22-26-16-9-10-16)15-7-5-14(6-8-15)13-23-18-4-2-1-3-17(18)21(11-12-21)20(23)25;8-6-7-4-2-1-3-5-7/h1-12,18,23,25-26H,13-15,17H2,(H,30,33);1-8,16H,9-13H2,(H,22,24);1-5H. The number of fused-ring (bicyclic) bond motifs is 2. The van der Waals surface area contributed by atoms with Crippen LogP contribution in [0.3, 0.4) is 0 Å². The van der Waals surface area contributed by atoms with Crippen LogP contribution in [0.15, 0.2) is 152 Å². The highest BCUT2D eigenvalue weighted by Gasteiger charge is 2.58. The zero-order valence-corrected chi connectivity index (χ0v) is 39.1. The van der Waals surface area contributed by atoms with E-state index in [-0.39, 0.29) is 23.1 Å². The van der Waals surface area contributed by atoms with Crippen molar-refractivity contribution in [1.82, 2.24) is 9.44 Å². The van der Waals surface area contributed by atoms with Crippen LogP contribution in [-0.2, 0) is 28.1 Å². The molecule has 12 heteroatoms. The average molecular weight is 935 g/mol. The molecule has 5 aliphatic rings. The van der Waals surface area contributed by atoms with E-state index in [4.69, 9.17) is 10.5 Å². The van der Waals surface area contributed by atoms with Crippen molar-refractivity contribution in [1.29, 1.82) is 10.5 Å². The molecule has 0 bridgehead atoms. The Labute approximate surface area is 406 Å². The first-order valence-corrected chi connectivity index (χ1v) is 24.8. The number of benzene rings is 6. The molecule has 0 saturated heterocycles. The van der Waals surface area contributed by atoms with Crippen molar-refractivity contribution in [2.45, 2.75) is 85.8 Å². The van der Waals surface area contributed by atoms with Gasteiger partial charge in [-0.05, 0) is 169 Å². The van der Waals surface area contributed by atoms with Crippen molar-refractivity contribution in [2.24, 2.45) is 0 Å². The maximum Gasteiger partial charge on any atom is 0.261 e. The molecule has 2 atom stereocenters. The molecular formula is C56H50N6O4S2. The highest BCUT2D eigenvalue weighted by atomic mass is 32.2. The Balaban J connectivity index is 0.000000149. The number of anilines is 2. The second-order valence-electron chi connectivity index (χ2n) is 17.8. The lowest BCUT2D eigenvalue weighted by atomic mass is 9.98. The SMILES string of the molecule is N#Cc1ccc(C2CC2c2ccccc2N(C=O)Cc2ccc(C(=O)NSC3CC3)cc2)cc1.N#Cc1ccccc1.O=C(NSC1CC1)c1ccc(CN2C(=O)C3(CC3)c3ccccc32)cc1. The van der Waals surface area contributed by atoms with Gasteiger partial charge in [-0.25, -0.2) is 0 Å². The molecule has 6 aromatic carbocycles. The van der Waals surface area contributed by atoms with Crippen LogP contribution in [0.2, 0.25) is 0 Å². The lowest BCUT2D eigenvalue weighted by Gasteiger charge is -2.21. The second-order valence-corrected chi connectivity index (χ2v) is 20.0. The van der Waals surface area contributed by atoms with Crippen molar-refractivity contribution in [3.8, 4) is 12.1 Å². The number of nitriles is 2. The van der Waals surface area contributed by atoms with Crippen LogP contribution in [0.5, 0.6) is 0 Å². The molecule has 4 fully saturated rings. The van der Waals surface area contributed by atoms with Gasteiger partial charge in [0.25, 0.3) is 11.8 Å². The van der Waals surface area contributed by atoms with E-state index < -0.39 is 0 Å². The molecule has 1 heterocycles. The van der Waals surface area contributed by atoms with Crippen LogP contribution in [0.25, 0.3) is 0 Å². The highest BCUT2D eigenvalue weighted by molar-refractivity contribution is 7.99. The van der Waals surface area contributed by atoms with Crippen LogP contribution in [0, 0.1) is 22.7 Å². The van der Waals surface area contributed by atoms with Gasteiger partial charge in [-0.15, -0.1) is 0 Å². The molecule has 68 heavy (non-hydrogen) atoms. The zero-order valence-electron chi connectivity index (χ0n) is 37.4. The van der Waals surface area contributed by atoms with E-state index in [0.29, 0.717) is 57.7 Å². The third kappa shape index (κ3) is 11.0. The maximum absolute atomic E-state index is 12.9. The molecule has 2 N–H and O–H groups in total. The van der Waals surface area contributed by atoms with Crippen LogP contribution in [-0.4, -0.2) is 34.6 Å². The molecule has 340 valence electrons. The summed E-state index contributed by atoms with van der Waals surface area (Å²) in [7, 11) is 0. The number of carbonyl (C=O) groups excluding carboxylic acids is 4. The summed E-state index contributed by atoms with van der Waals surface area (Å²) in [6.07, 6.45) is 8.54. The lowest BCUT2D eigenvalue weighted by molar-refractivity contribution is -0.120. The van der Waals surface area contributed by atoms with Gasteiger partial charge in [0.1, 0.15) is 0 Å². The molecule has 4 aliphatic carbocycles. The number of para-hydroxylation sites is 2. The van der Waals surface area contributed by atoms with Crippen molar-refractivity contribution in [3.63, 3.8) is 0 Å². The smallest absolute Gasteiger partial charge is 0.261 e. The van der Waals surface area contributed by atoms with E-state index in [0.717, 1.165) is 53.7 Å². The van der Waals surface area contributed by atoms with Crippen LogP contribution in [0.1, 0.15) is 116 Å². The average Bonchev–Trinajstić information content (AvgIpc) is 4.18. The van der Waals surface area contributed by atoms with Gasteiger partial charge in [0.2, 0.25) is 12.3 Å². The summed E-state index contributed by atoms with van der Waals surface area (Å²) in [5.74, 6) is 0.841. The van der Waals surface area contributed by atoms with E-state index in [9.17, 15) is 19.2 Å². The fourth-order valence-electron chi connectivity index (χ4n) is 8.49. The molecule has 0 aromatic heterocycles. The van der Waals surface area contributed by atoms with Gasteiger partial charge in [-0.2, -0.15) is 10.5 Å².